The molecular weight excluding hydrogens is 1040 g/mol. The van der Waals surface area contributed by atoms with E-state index < -0.39 is 20.0 Å². The predicted octanol–water partition coefficient (Wildman–Crippen LogP) is 23.4. The molecule has 3 atom stereocenters. The summed E-state index contributed by atoms with van der Waals surface area (Å²) in [5.41, 5.74) is 0. The van der Waals surface area contributed by atoms with E-state index in [1.807, 2.05) is 27.2 Å². The van der Waals surface area contributed by atoms with Crippen LogP contribution >= 0.6 is 7.82 Å². The second-order valence-corrected chi connectivity index (χ2v) is 27.8. The Bertz CT molecular complexity index is 1490. The van der Waals surface area contributed by atoms with Gasteiger partial charge in [-0.25, -0.2) is 4.57 Å². The van der Waals surface area contributed by atoms with Gasteiger partial charge in [-0.2, -0.15) is 0 Å². The molecule has 3 unspecified atom stereocenters. The average molecular weight is 1190 g/mol. The number of carbonyl (C=O) groups excluding carboxylic acids is 1. The summed E-state index contributed by atoms with van der Waals surface area (Å²) in [6.45, 7) is 4.84. The molecule has 0 heterocycles. The van der Waals surface area contributed by atoms with Crippen LogP contribution in [0.5, 0.6) is 0 Å². The Labute approximate surface area is 518 Å². The second-order valence-electron chi connectivity index (χ2n) is 26.3. The number of likely N-dealkylation sites (N-methyl/N-ethyl adjacent to an activating group) is 1. The normalized spacial score (nSPS) is 13.9. The largest absolute Gasteiger partial charge is 0.472 e. The van der Waals surface area contributed by atoms with Gasteiger partial charge in [0.15, 0.2) is 0 Å². The highest BCUT2D eigenvalue weighted by molar-refractivity contribution is 7.47. The number of amides is 1. The summed E-state index contributed by atoms with van der Waals surface area (Å²) in [7, 11) is 1.56. The van der Waals surface area contributed by atoms with Crippen molar-refractivity contribution in [3.8, 4) is 0 Å². The second kappa shape index (κ2) is 64.9. The van der Waals surface area contributed by atoms with Crippen LogP contribution < -0.4 is 5.32 Å². The summed E-state index contributed by atoms with van der Waals surface area (Å²) in [5, 5.41) is 14.0. The molecule has 1 amide bonds. The molecular formula is C74H144N2O6P+. The number of hydrogen-bond acceptors (Lipinski definition) is 5. The Morgan fingerprint density at radius 2 is 0.663 bits per heavy atom. The molecule has 0 aromatic rings. The predicted molar refractivity (Wildman–Crippen MR) is 364 cm³/mol. The molecule has 0 aliphatic carbocycles. The molecule has 0 rings (SSSR count). The van der Waals surface area contributed by atoms with Gasteiger partial charge < -0.3 is 19.8 Å². The number of allylic oxidation sites excluding steroid dienone is 7. The van der Waals surface area contributed by atoms with Crippen LogP contribution in [0, 0.1) is 0 Å². The third-order valence-corrected chi connectivity index (χ3v) is 17.7. The first-order valence-electron chi connectivity index (χ1n) is 36.5. The van der Waals surface area contributed by atoms with Crippen molar-refractivity contribution < 1.29 is 32.9 Å². The number of carbonyl (C=O) groups is 1. The molecule has 9 heteroatoms. The first kappa shape index (κ1) is 81.5. The lowest BCUT2D eigenvalue weighted by Crippen LogP contribution is -2.45. The first-order chi connectivity index (χ1) is 40.5. The molecule has 0 fully saturated rings. The summed E-state index contributed by atoms with van der Waals surface area (Å²) in [6, 6.07) is -0.871. The van der Waals surface area contributed by atoms with E-state index in [9.17, 15) is 19.4 Å². The lowest BCUT2D eigenvalue weighted by atomic mass is 10.0. The number of rotatable bonds is 68. The van der Waals surface area contributed by atoms with Gasteiger partial charge in [-0.3, -0.25) is 13.8 Å². The van der Waals surface area contributed by atoms with Crippen molar-refractivity contribution in [2.45, 2.75) is 379 Å². The maximum Gasteiger partial charge on any atom is 0.472 e. The van der Waals surface area contributed by atoms with Crippen molar-refractivity contribution >= 4 is 13.7 Å². The number of aliphatic hydroxyl groups is 1. The van der Waals surface area contributed by atoms with Gasteiger partial charge >= 0.3 is 7.82 Å². The minimum atomic E-state index is -4.37. The van der Waals surface area contributed by atoms with Gasteiger partial charge in [0.2, 0.25) is 5.91 Å². The van der Waals surface area contributed by atoms with Crippen molar-refractivity contribution in [1.29, 1.82) is 0 Å². The monoisotopic (exact) mass is 1190 g/mol. The molecule has 0 aliphatic heterocycles. The van der Waals surface area contributed by atoms with Crippen LogP contribution in [0.4, 0.5) is 0 Å². The minimum absolute atomic E-state index is 0.0542. The van der Waals surface area contributed by atoms with Gasteiger partial charge in [-0.05, 0) is 70.6 Å². The van der Waals surface area contributed by atoms with Gasteiger partial charge in [0.05, 0.1) is 39.9 Å². The van der Waals surface area contributed by atoms with E-state index >= 15 is 0 Å². The Balaban J connectivity index is 3.98. The quantitative estimate of drug-likeness (QED) is 0.0243. The molecule has 0 radical (unpaired) electrons. The van der Waals surface area contributed by atoms with E-state index in [2.05, 4.69) is 55.6 Å². The lowest BCUT2D eigenvalue weighted by Gasteiger charge is -2.25. The zero-order chi connectivity index (χ0) is 60.5. The van der Waals surface area contributed by atoms with E-state index in [1.165, 1.54) is 302 Å². The molecule has 0 saturated carbocycles. The highest BCUT2D eigenvalue weighted by atomic mass is 31.2. The van der Waals surface area contributed by atoms with E-state index in [-0.39, 0.29) is 19.1 Å². The van der Waals surface area contributed by atoms with Crippen molar-refractivity contribution in [3.05, 3.63) is 48.6 Å². The van der Waals surface area contributed by atoms with Crippen molar-refractivity contribution in [2.75, 3.05) is 40.9 Å². The number of unbranched alkanes of at least 4 members (excludes halogenated alkanes) is 49. The zero-order valence-electron chi connectivity index (χ0n) is 56.2. The number of quaternary nitrogens is 1. The van der Waals surface area contributed by atoms with Crippen LogP contribution in [0.25, 0.3) is 0 Å². The number of phosphoric acid groups is 1. The highest BCUT2D eigenvalue weighted by Gasteiger charge is 2.28. The fraction of sp³-hybridized carbons (Fsp3) is 0.878. The zero-order valence-corrected chi connectivity index (χ0v) is 57.1. The fourth-order valence-corrected chi connectivity index (χ4v) is 11.8. The summed E-state index contributed by atoms with van der Waals surface area (Å²) in [4.78, 5) is 23.4. The van der Waals surface area contributed by atoms with Crippen LogP contribution in [0.3, 0.4) is 0 Å². The molecule has 0 saturated heterocycles. The van der Waals surface area contributed by atoms with Crippen LogP contribution in [0.1, 0.15) is 367 Å². The van der Waals surface area contributed by atoms with Gasteiger partial charge in [-0.15, -0.1) is 0 Å². The molecule has 0 bridgehead atoms. The first-order valence-corrected chi connectivity index (χ1v) is 38.0. The Hall–Kier alpha value is -1.54. The summed E-state index contributed by atoms with van der Waals surface area (Å²) >= 11 is 0. The van der Waals surface area contributed by atoms with E-state index in [1.54, 1.807) is 6.08 Å². The van der Waals surface area contributed by atoms with Gasteiger partial charge in [0, 0.05) is 6.42 Å². The van der Waals surface area contributed by atoms with E-state index in [0.717, 1.165) is 44.9 Å². The summed E-state index contributed by atoms with van der Waals surface area (Å²) in [5.74, 6) is -0.185. The Kier molecular flexibility index (Phi) is 63.7. The molecule has 8 nitrogen and oxygen atoms in total. The number of phosphoric ester groups is 1. The fourth-order valence-electron chi connectivity index (χ4n) is 11.1. The molecule has 0 aliphatic rings. The van der Waals surface area contributed by atoms with Crippen molar-refractivity contribution in [1.82, 2.24) is 5.32 Å². The van der Waals surface area contributed by atoms with Gasteiger partial charge in [0.25, 0.3) is 0 Å². The summed E-state index contributed by atoms with van der Waals surface area (Å²) in [6.07, 6.45) is 88.6. The SMILES string of the molecule is CCCCCCCCCCCCCC/C=C/CC/C=C/CC/C=C/C(O)C(COP(=O)(O)OCC[N+](C)(C)C)NC(=O)CCCCCCCCCCCCCCCCCCC/C=C\CCCCCCCCCCCCCCCCCCCC. The maximum atomic E-state index is 13.0. The third kappa shape index (κ3) is 67.8. The number of aliphatic hydroxyl groups excluding tert-OH is 1. The van der Waals surface area contributed by atoms with E-state index in [0.29, 0.717) is 17.4 Å². The lowest BCUT2D eigenvalue weighted by molar-refractivity contribution is -0.870. The number of nitrogens with zero attached hydrogens (tertiary/aromatic N) is 1. The smallest absolute Gasteiger partial charge is 0.387 e. The third-order valence-electron chi connectivity index (χ3n) is 16.7. The standard InChI is InChI=1S/C74H143N2O6P/c1-6-8-10-12-14-16-18-20-22-24-26-28-30-31-32-33-34-35-36-37-38-39-40-41-42-43-44-45-46-48-50-52-54-56-58-60-62-64-66-68-74(78)75-72(71-82-83(79,80)81-70-69-76(3,4)5)73(77)67-65-63-61-59-57-55-53-51-49-47-29-27-25-23-21-19-17-15-13-11-9-7-2/h37-38,49,51,57,59,65,67,72-73,77H,6-36,39-48,50,52-56,58,60-64,66,68-71H2,1-5H3,(H-,75,78,79,80)/p+1/b38-37-,51-49+,59-57+,67-65+. The summed E-state index contributed by atoms with van der Waals surface area (Å²) < 4.78 is 23.8. The van der Waals surface area contributed by atoms with Crippen LogP contribution in [0.15, 0.2) is 48.6 Å². The Morgan fingerprint density at radius 3 is 0.964 bits per heavy atom. The molecule has 0 aromatic heterocycles. The van der Waals surface area contributed by atoms with Crippen molar-refractivity contribution in [2.24, 2.45) is 0 Å². The van der Waals surface area contributed by atoms with Crippen LogP contribution in [-0.4, -0.2) is 73.4 Å². The number of nitrogens with one attached hydrogen (secondary N) is 1. The van der Waals surface area contributed by atoms with Crippen LogP contribution in [-0.2, 0) is 18.4 Å². The van der Waals surface area contributed by atoms with E-state index in [4.69, 9.17) is 9.05 Å². The van der Waals surface area contributed by atoms with Crippen molar-refractivity contribution in [3.63, 3.8) is 0 Å². The molecule has 490 valence electrons. The maximum absolute atomic E-state index is 13.0. The minimum Gasteiger partial charge on any atom is -0.387 e. The average Bonchev–Trinajstić information content (AvgIpc) is 3.50. The molecule has 0 aromatic carbocycles. The molecule has 3 N–H and O–H groups in total. The van der Waals surface area contributed by atoms with Gasteiger partial charge in [0.1, 0.15) is 13.2 Å². The van der Waals surface area contributed by atoms with Crippen LogP contribution in [0.2, 0.25) is 0 Å². The number of hydrogen-bond donors (Lipinski definition) is 3. The topological polar surface area (TPSA) is 105 Å². The Morgan fingerprint density at radius 1 is 0.398 bits per heavy atom. The highest BCUT2D eigenvalue weighted by Crippen LogP contribution is 2.43. The van der Waals surface area contributed by atoms with Gasteiger partial charge in [-0.1, -0.05) is 339 Å². The molecule has 0 spiro atoms. The molecule has 83 heavy (non-hydrogen) atoms.